The third-order valence-corrected chi connectivity index (χ3v) is 3.84. The van der Waals surface area contributed by atoms with Crippen LogP contribution in [0.2, 0.25) is 0 Å². The zero-order valence-electron chi connectivity index (χ0n) is 15.1. The third kappa shape index (κ3) is 4.72. The van der Waals surface area contributed by atoms with Crippen LogP contribution in [0.1, 0.15) is 16.1 Å². The number of hydrogen-bond donors (Lipinski definition) is 2. The molecule has 0 bridgehead atoms. The minimum Gasteiger partial charge on any atom is -0.493 e. The van der Waals surface area contributed by atoms with Gasteiger partial charge in [-0.05, 0) is 35.9 Å². The van der Waals surface area contributed by atoms with E-state index in [4.69, 9.17) is 9.47 Å². The molecule has 2 aromatic heterocycles. The van der Waals surface area contributed by atoms with Crippen molar-refractivity contribution >= 4 is 17.3 Å². The van der Waals surface area contributed by atoms with Crippen LogP contribution in [0.25, 0.3) is 0 Å². The maximum Gasteiger partial charge on any atom is 0.270 e. The summed E-state index contributed by atoms with van der Waals surface area (Å²) < 4.78 is 10.5. The summed E-state index contributed by atoms with van der Waals surface area (Å²) in [7, 11) is 3.18. The Bertz CT molecular complexity index is 899. The number of nitrogens with one attached hydrogen (secondary N) is 2. The number of pyridine rings is 2. The SMILES string of the molecule is COc1ccc(Nc2ccc(C(=O)NCc3cccnc3)nc2)cc1OC. The first-order chi connectivity index (χ1) is 13.2. The first kappa shape index (κ1) is 18.2. The van der Waals surface area contributed by atoms with Crippen molar-refractivity contribution in [2.24, 2.45) is 0 Å². The topological polar surface area (TPSA) is 85.4 Å². The van der Waals surface area contributed by atoms with Gasteiger partial charge in [-0.15, -0.1) is 0 Å². The van der Waals surface area contributed by atoms with Crippen LogP contribution in [0.4, 0.5) is 11.4 Å². The van der Waals surface area contributed by atoms with Crippen LogP contribution in [0.15, 0.2) is 61.1 Å². The minimum absolute atomic E-state index is 0.239. The normalized spacial score (nSPS) is 10.1. The predicted molar refractivity (Wildman–Crippen MR) is 102 cm³/mol. The van der Waals surface area contributed by atoms with Gasteiger partial charge in [-0.1, -0.05) is 6.07 Å². The van der Waals surface area contributed by atoms with Crippen molar-refractivity contribution < 1.29 is 14.3 Å². The molecule has 1 aromatic carbocycles. The summed E-state index contributed by atoms with van der Waals surface area (Å²) in [6.45, 7) is 0.403. The monoisotopic (exact) mass is 364 g/mol. The van der Waals surface area contributed by atoms with Gasteiger partial charge in [-0.3, -0.25) is 9.78 Å². The highest BCUT2D eigenvalue weighted by Gasteiger charge is 2.08. The van der Waals surface area contributed by atoms with Gasteiger partial charge < -0.3 is 20.1 Å². The van der Waals surface area contributed by atoms with E-state index in [1.54, 1.807) is 44.9 Å². The van der Waals surface area contributed by atoms with Crippen molar-refractivity contribution in [3.05, 3.63) is 72.3 Å². The van der Waals surface area contributed by atoms with E-state index in [1.807, 2.05) is 30.3 Å². The van der Waals surface area contributed by atoms with E-state index in [-0.39, 0.29) is 5.91 Å². The number of anilines is 2. The highest BCUT2D eigenvalue weighted by atomic mass is 16.5. The average molecular weight is 364 g/mol. The van der Waals surface area contributed by atoms with Crippen LogP contribution in [0.3, 0.4) is 0 Å². The average Bonchev–Trinajstić information content (AvgIpc) is 2.73. The summed E-state index contributed by atoms with van der Waals surface area (Å²) in [6.07, 6.45) is 5.01. The van der Waals surface area contributed by atoms with E-state index in [1.165, 1.54) is 0 Å². The van der Waals surface area contributed by atoms with Crippen LogP contribution >= 0.6 is 0 Å². The number of ether oxygens (including phenoxy) is 2. The van der Waals surface area contributed by atoms with Gasteiger partial charge in [0.1, 0.15) is 5.69 Å². The smallest absolute Gasteiger partial charge is 0.270 e. The fourth-order valence-electron chi connectivity index (χ4n) is 2.46. The molecule has 27 heavy (non-hydrogen) atoms. The second-order valence-corrected chi connectivity index (χ2v) is 5.67. The van der Waals surface area contributed by atoms with Crippen molar-refractivity contribution in [2.75, 3.05) is 19.5 Å². The largest absolute Gasteiger partial charge is 0.493 e. The Morgan fingerprint density at radius 1 is 1.00 bits per heavy atom. The van der Waals surface area contributed by atoms with Crippen LogP contribution in [-0.2, 0) is 6.54 Å². The zero-order chi connectivity index (χ0) is 19.1. The number of benzene rings is 1. The molecule has 0 spiro atoms. The van der Waals surface area contributed by atoms with E-state index in [9.17, 15) is 4.79 Å². The van der Waals surface area contributed by atoms with E-state index < -0.39 is 0 Å². The van der Waals surface area contributed by atoms with Crippen molar-refractivity contribution in [2.45, 2.75) is 6.54 Å². The Balaban J connectivity index is 1.62. The standard InChI is InChI=1S/C20H20N4O3/c1-26-18-8-6-15(10-19(18)27-2)24-16-5-7-17(22-13-16)20(25)23-12-14-4-3-9-21-11-14/h3-11,13,24H,12H2,1-2H3,(H,23,25). The molecule has 0 aliphatic rings. The van der Waals surface area contributed by atoms with Crippen molar-refractivity contribution in [1.29, 1.82) is 0 Å². The van der Waals surface area contributed by atoms with Gasteiger partial charge in [0, 0.05) is 30.7 Å². The molecule has 0 unspecified atom stereocenters. The summed E-state index contributed by atoms with van der Waals surface area (Å²) in [5.41, 5.74) is 2.85. The molecule has 0 saturated heterocycles. The fourth-order valence-corrected chi connectivity index (χ4v) is 2.46. The lowest BCUT2D eigenvalue weighted by atomic mass is 10.2. The summed E-state index contributed by atoms with van der Waals surface area (Å²) in [5.74, 6) is 1.04. The van der Waals surface area contributed by atoms with Gasteiger partial charge in [-0.25, -0.2) is 4.98 Å². The van der Waals surface area contributed by atoms with Gasteiger partial charge in [0.2, 0.25) is 0 Å². The number of hydrogen-bond acceptors (Lipinski definition) is 6. The summed E-state index contributed by atoms with van der Waals surface area (Å²) >= 11 is 0. The first-order valence-electron chi connectivity index (χ1n) is 8.32. The lowest BCUT2D eigenvalue weighted by molar-refractivity contribution is 0.0946. The number of carbonyl (C=O) groups is 1. The molecule has 0 saturated carbocycles. The molecule has 0 aliphatic carbocycles. The molecule has 7 nitrogen and oxygen atoms in total. The van der Waals surface area contributed by atoms with Crippen molar-refractivity contribution in [3.8, 4) is 11.5 Å². The molecule has 138 valence electrons. The molecule has 0 radical (unpaired) electrons. The van der Waals surface area contributed by atoms with Crippen LogP contribution in [-0.4, -0.2) is 30.1 Å². The molecule has 3 aromatic rings. The number of carbonyl (C=O) groups excluding carboxylic acids is 1. The van der Waals surface area contributed by atoms with E-state index in [2.05, 4.69) is 20.6 Å². The number of aromatic nitrogens is 2. The Morgan fingerprint density at radius 2 is 1.81 bits per heavy atom. The molecule has 2 N–H and O–H groups in total. The summed E-state index contributed by atoms with van der Waals surface area (Å²) in [4.78, 5) is 20.4. The number of nitrogens with zero attached hydrogens (tertiary/aromatic N) is 2. The van der Waals surface area contributed by atoms with Gasteiger partial charge in [0.05, 0.1) is 26.1 Å². The Hall–Kier alpha value is -3.61. The quantitative estimate of drug-likeness (QED) is 0.670. The molecule has 0 atom stereocenters. The van der Waals surface area contributed by atoms with Crippen molar-refractivity contribution in [1.82, 2.24) is 15.3 Å². The number of methoxy groups -OCH3 is 2. The van der Waals surface area contributed by atoms with E-state index >= 15 is 0 Å². The maximum atomic E-state index is 12.2. The lowest BCUT2D eigenvalue weighted by Gasteiger charge is -2.11. The van der Waals surface area contributed by atoms with Gasteiger partial charge in [-0.2, -0.15) is 0 Å². The molecule has 3 rings (SSSR count). The van der Waals surface area contributed by atoms with Crippen molar-refractivity contribution in [3.63, 3.8) is 0 Å². The van der Waals surface area contributed by atoms with E-state index in [0.29, 0.717) is 23.7 Å². The summed E-state index contributed by atoms with van der Waals surface area (Å²) in [6, 6.07) is 12.7. The van der Waals surface area contributed by atoms with E-state index in [0.717, 1.165) is 16.9 Å². The highest BCUT2D eigenvalue weighted by Crippen LogP contribution is 2.30. The lowest BCUT2D eigenvalue weighted by Crippen LogP contribution is -2.23. The molecular weight excluding hydrogens is 344 g/mol. The summed E-state index contributed by atoms with van der Waals surface area (Å²) in [5, 5.41) is 6.04. The second kappa shape index (κ2) is 8.66. The zero-order valence-corrected chi connectivity index (χ0v) is 15.1. The molecular formula is C20H20N4O3. The van der Waals surface area contributed by atoms with Crippen LogP contribution in [0.5, 0.6) is 11.5 Å². The van der Waals surface area contributed by atoms with Gasteiger partial charge in [0.15, 0.2) is 11.5 Å². The maximum absolute atomic E-state index is 12.2. The first-order valence-corrected chi connectivity index (χ1v) is 8.32. The third-order valence-electron chi connectivity index (χ3n) is 3.84. The predicted octanol–water partition coefficient (Wildman–Crippen LogP) is 3.17. The van der Waals surface area contributed by atoms with Gasteiger partial charge >= 0.3 is 0 Å². The van der Waals surface area contributed by atoms with Crippen LogP contribution < -0.4 is 20.1 Å². The Labute approximate surface area is 157 Å². The van der Waals surface area contributed by atoms with Crippen LogP contribution in [0, 0.1) is 0 Å². The number of rotatable bonds is 7. The molecule has 7 heteroatoms. The number of amides is 1. The van der Waals surface area contributed by atoms with Gasteiger partial charge in [0.25, 0.3) is 5.91 Å². The molecule has 0 fully saturated rings. The molecule has 1 amide bonds. The second-order valence-electron chi connectivity index (χ2n) is 5.67. The molecule has 2 heterocycles. The Kier molecular flexibility index (Phi) is 5.84. The Morgan fingerprint density at radius 3 is 2.48 bits per heavy atom. The fraction of sp³-hybridized carbons (Fsp3) is 0.150. The highest BCUT2D eigenvalue weighted by molar-refractivity contribution is 5.92. The minimum atomic E-state index is -0.239. The molecule has 0 aliphatic heterocycles.